The third-order valence-corrected chi connectivity index (χ3v) is 3.86. The maximum atomic E-state index is 5.90. The number of methoxy groups -OCH3 is 2. The molecule has 0 aliphatic heterocycles. The lowest BCUT2D eigenvalue weighted by atomic mass is 10.1. The fourth-order valence-electron chi connectivity index (χ4n) is 2.07. The lowest BCUT2D eigenvalue weighted by Crippen LogP contribution is -2.20. The van der Waals surface area contributed by atoms with Crippen LogP contribution >= 0.6 is 15.9 Å². The van der Waals surface area contributed by atoms with Crippen LogP contribution in [0.3, 0.4) is 0 Å². The van der Waals surface area contributed by atoms with Gasteiger partial charge in [0.05, 0.1) is 24.7 Å². The highest BCUT2D eigenvalue weighted by Crippen LogP contribution is 2.29. The largest absolute Gasteiger partial charge is 0.497 e. The van der Waals surface area contributed by atoms with Gasteiger partial charge < -0.3 is 20.5 Å². The second kappa shape index (κ2) is 7.33. The highest BCUT2D eigenvalue weighted by Gasteiger charge is 2.11. The highest BCUT2D eigenvalue weighted by atomic mass is 79.9. The molecule has 4 nitrogen and oxygen atoms in total. The summed E-state index contributed by atoms with van der Waals surface area (Å²) in [5.74, 6) is 1.64. The van der Waals surface area contributed by atoms with E-state index in [1.807, 2.05) is 42.5 Å². The second-order valence-electron chi connectivity index (χ2n) is 4.56. The molecule has 5 heteroatoms. The van der Waals surface area contributed by atoms with Crippen LogP contribution in [0.4, 0.5) is 5.69 Å². The predicted molar refractivity (Wildman–Crippen MR) is 89.1 cm³/mol. The fraction of sp³-hybridized carbons (Fsp3) is 0.250. The Morgan fingerprint density at radius 1 is 1.10 bits per heavy atom. The van der Waals surface area contributed by atoms with Gasteiger partial charge in [-0.3, -0.25) is 0 Å². The first-order valence-electron chi connectivity index (χ1n) is 6.62. The second-order valence-corrected chi connectivity index (χ2v) is 5.41. The average Bonchev–Trinajstić information content (AvgIpc) is 2.53. The Morgan fingerprint density at radius 2 is 1.81 bits per heavy atom. The minimum Gasteiger partial charge on any atom is -0.497 e. The van der Waals surface area contributed by atoms with E-state index in [0.717, 1.165) is 27.2 Å². The number of anilines is 1. The van der Waals surface area contributed by atoms with Gasteiger partial charge in [0.15, 0.2) is 0 Å². The zero-order chi connectivity index (χ0) is 15.2. The van der Waals surface area contributed by atoms with Gasteiger partial charge in [0.2, 0.25) is 0 Å². The summed E-state index contributed by atoms with van der Waals surface area (Å²) < 4.78 is 11.3. The number of hydrogen-bond donors (Lipinski definition) is 2. The number of rotatable bonds is 6. The van der Waals surface area contributed by atoms with Crippen molar-refractivity contribution in [2.45, 2.75) is 6.04 Å². The Balaban J connectivity index is 2.16. The van der Waals surface area contributed by atoms with Crippen molar-refractivity contribution in [2.24, 2.45) is 5.73 Å². The smallest absolute Gasteiger partial charge is 0.133 e. The lowest BCUT2D eigenvalue weighted by molar-refractivity contribution is 0.412. The Hall–Kier alpha value is -1.72. The first kappa shape index (κ1) is 15.7. The van der Waals surface area contributed by atoms with Crippen LogP contribution in [-0.4, -0.2) is 20.8 Å². The van der Waals surface area contributed by atoms with E-state index in [9.17, 15) is 0 Å². The van der Waals surface area contributed by atoms with Crippen LogP contribution in [0.25, 0.3) is 0 Å². The molecular formula is C16H19BrN2O2. The maximum Gasteiger partial charge on any atom is 0.133 e. The summed E-state index contributed by atoms with van der Waals surface area (Å²) in [6.07, 6.45) is 0. The fourth-order valence-corrected chi connectivity index (χ4v) is 2.62. The van der Waals surface area contributed by atoms with Gasteiger partial charge in [-0.25, -0.2) is 0 Å². The van der Waals surface area contributed by atoms with E-state index in [-0.39, 0.29) is 6.04 Å². The van der Waals surface area contributed by atoms with E-state index < -0.39 is 0 Å². The Labute approximate surface area is 133 Å². The van der Waals surface area contributed by atoms with Crippen LogP contribution in [0.1, 0.15) is 11.6 Å². The van der Waals surface area contributed by atoms with E-state index in [1.54, 1.807) is 14.2 Å². The molecule has 0 aromatic heterocycles. The highest BCUT2D eigenvalue weighted by molar-refractivity contribution is 9.10. The molecule has 0 saturated carbocycles. The third kappa shape index (κ3) is 3.89. The van der Waals surface area contributed by atoms with Gasteiger partial charge in [0.1, 0.15) is 11.5 Å². The number of ether oxygens (including phenoxy) is 2. The minimum atomic E-state index is 0.0283. The van der Waals surface area contributed by atoms with Crippen LogP contribution in [-0.2, 0) is 0 Å². The summed E-state index contributed by atoms with van der Waals surface area (Å²) in [4.78, 5) is 0. The van der Waals surface area contributed by atoms with Crippen molar-refractivity contribution in [3.05, 3.63) is 52.5 Å². The molecule has 0 amide bonds. The van der Waals surface area contributed by atoms with Crippen molar-refractivity contribution in [1.82, 2.24) is 0 Å². The van der Waals surface area contributed by atoms with Crippen LogP contribution in [0.15, 0.2) is 46.9 Å². The van der Waals surface area contributed by atoms with Gasteiger partial charge in [0, 0.05) is 12.2 Å². The van der Waals surface area contributed by atoms with Gasteiger partial charge in [-0.15, -0.1) is 0 Å². The monoisotopic (exact) mass is 350 g/mol. The van der Waals surface area contributed by atoms with E-state index in [1.165, 1.54) is 0 Å². The summed E-state index contributed by atoms with van der Waals surface area (Å²) >= 11 is 3.50. The lowest BCUT2D eigenvalue weighted by Gasteiger charge is -2.19. The molecule has 1 unspecified atom stereocenters. The molecule has 1 atom stereocenters. The SMILES string of the molecule is COc1ccc(NC(CN)c2ccc(OC)c(Br)c2)cc1. The molecule has 2 rings (SSSR count). The zero-order valence-electron chi connectivity index (χ0n) is 12.1. The normalized spacial score (nSPS) is 11.8. The van der Waals surface area contributed by atoms with E-state index in [4.69, 9.17) is 15.2 Å². The first-order valence-corrected chi connectivity index (χ1v) is 7.41. The summed E-state index contributed by atoms with van der Waals surface area (Å²) in [5.41, 5.74) is 7.99. The minimum absolute atomic E-state index is 0.0283. The van der Waals surface area contributed by atoms with E-state index >= 15 is 0 Å². The summed E-state index contributed by atoms with van der Waals surface area (Å²) in [6, 6.07) is 13.8. The van der Waals surface area contributed by atoms with Crippen molar-refractivity contribution in [3.8, 4) is 11.5 Å². The Kier molecular flexibility index (Phi) is 5.47. The molecule has 2 aromatic rings. The van der Waals surface area contributed by atoms with Gasteiger partial charge >= 0.3 is 0 Å². The third-order valence-electron chi connectivity index (χ3n) is 3.24. The Morgan fingerprint density at radius 3 is 2.33 bits per heavy atom. The zero-order valence-corrected chi connectivity index (χ0v) is 13.7. The van der Waals surface area contributed by atoms with Crippen molar-refractivity contribution in [2.75, 3.05) is 26.1 Å². The number of halogens is 1. The van der Waals surface area contributed by atoms with Crippen molar-refractivity contribution >= 4 is 21.6 Å². The maximum absolute atomic E-state index is 5.90. The molecule has 2 aromatic carbocycles. The van der Waals surface area contributed by atoms with Crippen molar-refractivity contribution < 1.29 is 9.47 Å². The van der Waals surface area contributed by atoms with E-state index in [2.05, 4.69) is 21.2 Å². The molecule has 21 heavy (non-hydrogen) atoms. The molecule has 0 aliphatic carbocycles. The van der Waals surface area contributed by atoms with Gasteiger partial charge in [-0.1, -0.05) is 6.07 Å². The standard InChI is InChI=1S/C16H19BrN2O2/c1-20-13-6-4-12(5-7-13)19-15(10-18)11-3-8-16(21-2)14(17)9-11/h3-9,15,19H,10,18H2,1-2H3. The molecule has 0 radical (unpaired) electrons. The summed E-state index contributed by atoms with van der Waals surface area (Å²) in [5, 5.41) is 3.42. The Bertz CT molecular complexity index is 587. The molecule has 0 aliphatic rings. The van der Waals surface area contributed by atoms with Crippen molar-refractivity contribution in [3.63, 3.8) is 0 Å². The number of benzene rings is 2. The molecule has 3 N–H and O–H groups in total. The first-order chi connectivity index (χ1) is 10.2. The summed E-state index contributed by atoms with van der Waals surface area (Å²) in [7, 11) is 3.30. The average molecular weight is 351 g/mol. The van der Waals surface area contributed by atoms with Gasteiger partial charge in [-0.2, -0.15) is 0 Å². The molecule has 0 saturated heterocycles. The van der Waals surface area contributed by atoms with Crippen LogP contribution < -0.4 is 20.5 Å². The van der Waals surface area contributed by atoms with Crippen LogP contribution in [0.5, 0.6) is 11.5 Å². The molecule has 112 valence electrons. The molecule has 0 bridgehead atoms. The summed E-state index contributed by atoms with van der Waals surface area (Å²) in [6.45, 7) is 0.491. The topological polar surface area (TPSA) is 56.5 Å². The number of nitrogens with one attached hydrogen (secondary N) is 1. The molecule has 0 spiro atoms. The van der Waals surface area contributed by atoms with E-state index in [0.29, 0.717) is 6.54 Å². The predicted octanol–water partition coefficient (Wildman–Crippen LogP) is 3.58. The van der Waals surface area contributed by atoms with Gasteiger partial charge in [-0.05, 0) is 57.9 Å². The molecule has 0 heterocycles. The number of nitrogens with two attached hydrogens (primary N) is 1. The molecular weight excluding hydrogens is 332 g/mol. The van der Waals surface area contributed by atoms with Gasteiger partial charge in [0.25, 0.3) is 0 Å². The van der Waals surface area contributed by atoms with Crippen molar-refractivity contribution in [1.29, 1.82) is 0 Å². The molecule has 0 fully saturated rings. The number of hydrogen-bond acceptors (Lipinski definition) is 4. The quantitative estimate of drug-likeness (QED) is 0.835. The van der Waals surface area contributed by atoms with Crippen LogP contribution in [0.2, 0.25) is 0 Å². The van der Waals surface area contributed by atoms with Crippen LogP contribution in [0, 0.1) is 0 Å².